The van der Waals surface area contributed by atoms with E-state index in [2.05, 4.69) is 5.10 Å². The van der Waals surface area contributed by atoms with Crippen molar-refractivity contribution in [1.29, 1.82) is 0 Å². The third-order valence-electron chi connectivity index (χ3n) is 3.16. The largest absolute Gasteiger partial charge is 0.486 e. The zero-order chi connectivity index (χ0) is 14.8. The van der Waals surface area contributed by atoms with Crippen LogP contribution in [0.1, 0.15) is 16.1 Å². The van der Waals surface area contributed by atoms with E-state index in [0.717, 1.165) is 0 Å². The Hall–Kier alpha value is -2.54. The van der Waals surface area contributed by atoms with Gasteiger partial charge in [0.2, 0.25) is 0 Å². The van der Waals surface area contributed by atoms with E-state index in [1.165, 1.54) is 4.68 Å². The van der Waals surface area contributed by atoms with Crippen molar-refractivity contribution in [2.45, 2.75) is 6.42 Å². The summed E-state index contributed by atoms with van der Waals surface area (Å²) in [5, 5.41) is 22.2. The third-order valence-corrected chi connectivity index (χ3v) is 3.16. The number of carbonyl (C=O) groups is 1. The number of hydrogen-bond donors (Lipinski definition) is 2. The van der Waals surface area contributed by atoms with Gasteiger partial charge in [-0.05, 0) is 18.6 Å². The van der Waals surface area contributed by atoms with Gasteiger partial charge in [-0.15, -0.1) is 0 Å². The molecule has 0 amide bonds. The lowest BCUT2D eigenvalue weighted by Gasteiger charge is -2.18. The Kier molecular flexibility index (Phi) is 3.49. The Morgan fingerprint density at radius 3 is 2.76 bits per heavy atom. The van der Waals surface area contributed by atoms with Crippen molar-refractivity contribution >= 4 is 5.97 Å². The predicted molar refractivity (Wildman–Crippen MR) is 72.3 cm³/mol. The van der Waals surface area contributed by atoms with Crippen LogP contribution in [0.15, 0.2) is 24.4 Å². The van der Waals surface area contributed by atoms with Gasteiger partial charge in [0.25, 0.3) is 0 Å². The van der Waals surface area contributed by atoms with Gasteiger partial charge in [-0.1, -0.05) is 0 Å². The molecule has 0 radical (unpaired) electrons. The van der Waals surface area contributed by atoms with Crippen molar-refractivity contribution < 1.29 is 24.5 Å². The molecule has 1 aliphatic heterocycles. The molecule has 2 N–H and O–H groups in total. The average Bonchev–Trinajstić information content (AvgIpc) is 2.91. The first-order valence-corrected chi connectivity index (χ1v) is 6.52. The SMILES string of the molecule is O=C(O)c1nn(-c2ccc3c(c2)OCCO3)cc1CCO. The van der Waals surface area contributed by atoms with Gasteiger partial charge in [-0.25, -0.2) is 9.48 Å². The number of nitrogens with zero attached hydrogens (tertiary/aromatic N) is 2. The number of aliphatic hydroxyl groups is 1. The van der Waals surface area contributed by atoms with Crippen molar-refractivity contribution in [3.05, 3.63) is 35.7 Å². The molecule has 0 spiro atoms. The number of aromatic carboxylic acids is 1. The lowest BCUT2D eigenvalue weighted by Crippen LogP contribution is -2.15. The minimum absolute atomic E-state index is 0.0565. The first-order valence-electron chi connectivity index (χ1n) is 6.52. The summed E-state index contributed by atoms with van der Waals surface area (Å²) in [6.07, 6.45) is 1.84. The van der Waals surface area contributed by atoms with Gasteiger partial charge in [0, 0.05) is 24.4 Å². The summed E-state index contributed by atoms with van der Waals surface area (Å²) in [4.78, 5) is 11.2. The first-order chi connectivity index (χ1) is 10.2. The molecule has 0 bridgehead atoms. The molecule has 21 heavy (non-hydrogen) atoms. The van der Waals surface area contributed by atoms with Crippen LogP contribution in [-0.2, 0) is 6.42 Å². The third kappa shape index (κ3) is 2.55. The standard InChI is InChI=1S/C14H14N2O5/c17-4-3-9-8-16(15-13(9)14(18)19)10-1-2-11-12(7-10)21-6-5-20-11/h1-2,7-8,17H,3-6H2,(H,18,19). The quantitative estimate of drug-likeness (QED) is 0.868. The molecular weight excluding hydrogens is 276 g/mol. The molecule has 2 aromatic rings. The van der Waals surface area contributed by atoms with Gasteiger partial charge >= 0.3 is 5.97 Å². The Labute approximate surface area is 120 Å². The van der Waals surface area contributed by atoms with Gasteiger partial charge < -0.3 is 19.7 Å². The van der Waals surface area contributed by atoms with E-state index in [1.807, 2.05) is 0 Å². The molecule has 0 fully saturated rings. The van der Waals surface area contributed by atoms with Crippen LogP contribution in [-0.4, -0.2) is 45.8 Å². The molecule has 2 heterocycles. The fourth-order valence-electron chi connectivity index (χ4n) is 2.20. The van der Waals surface area contributed by atoms with Crippen LogP contribution < -0.4 is 9.47 Å². The maximum absolute atomic E-state index is 11.2. The topological polar surface area (TPSA) is 93.8 Å². The number of fused-ring (bicyclic) bond motifs is 1. The van der Waals surface area contributed by atoms with Gasteiger partial charge in [0.1, 0.15) is 13.2 Å². The van der Waals surface area contributed by atoms with Gasteiger partial charge in [-0.2, -0.15) is 5.10 Å². The summed E-state index contributed by atoms with van der Waals surface area (Å²) in [7, 11) is 0. The molecule has 0 unspecified atom stereocenters. The summed E-state index contributed by atoms with van der Waals surface area (Å²) in [5.41, 5.74) is 1.10. The summed E-state index contributed by atoms with van der Waals surface area (Å²) in [6.45, 7) is 0.858. The van der Waals surface area contributed by atoms with Crippen LogP contribution >= 0.6 is 0 Å². The second kappa shape index (κ2) is 5.45. The monoisotopic (exact) mass is 290 g/mol. The highest BCUT2D eigenvalue weighted by molar-refractivity contribution is 5.87. The Bertz CT molecular complexity index is 680. The molecule has 7 nitrogen and oxygen atoms in total. The van der Waals surface area contributed by atoms with E-state index in [4.69, 9.17) is 19.7 Å². The zero-order valence-electron chi connectivity index (χ0n) is 11.2. The molecule has 0 atom stereocenters. The molecule has 1 aromatic heterocycles. The van der Waals surface area contributed by atoms with E-state index in [-0.39, 0.29) is 18.7 Å². The first kappa shape index (κ1) is 13.4. The minimum atomic E-state index is -1.12. The highest BCUT2D eigenvalue weighted by Gasteiger charge is 2.18. The number of hydrogen-bond acceptors (Lipinski definition) is 5. The van der Waals surface area contributed by atoms with E-state index >= 15 is 0 Å². The van der Waals surface area contributed by atoms with Gasteiger partial charge in [0.15, 0.2) is 17.2 Å². The van der Waals surface area contributed by atoms with E-state index < -0.39 is 5.97 Å². The van der Waals surface area contributed by atoms with Crippen LogP contribution in [0.3, 0.4) is 0 Å². The van der Waals surface area contributed by atoms with Gasteiger partial charge in [-0.3, -0.25) is 0 Å². The van der Waals surface area contributed by atoms with E-state index in [1.54, 1.807) is 24.4 Å². The van der Waals surface area contributed by atoms with E-state index in [9.17, 15) is 4.79 Å². The molecule has 7 heteroatoms. The van der Waals surface area contributed by atoms with Crippen LogP contribution in [0, 0.1) is 0 Å². The lowest BCUT2D eigenvalue weighted by molar-refractivity contribution is 0.0688. The van der Waals surface area contributed by atoms with Crippen LogP contribution in [0.5, 0.6) is 11.5 Å². The molecule has 0 aliphatic carbocycles. The zero-order valence-corrected chi connectivity index (χ0v) is 11.2. The number of ether oxygens (including phenoxy) is 2. The summed E-state index contributed by atoms with van der Waals surface area (Å²) < 4.78 is 12.4. The molecule has 110 valence electrons. The number of benzene rings is 1. The maximum atomic E-state index is 11.2. The van der Waals surface area contributed by atoms with E-state index in [0.29, 0.717) is 36.0 Å². The molecule has 1 aromatic carbocycles. The fraction of sp³-hybridized carbons (Fsp3) is 0.286. The fourth-order valence-corrected chi connectivity index (χ4v) is 2.20. The normalized spacial score (nSPS) is 13.2. The molecule has 0 saturated carbocycles. The number of aliphatic hydroxyl groups excluding tert-OH is 1. The van der Waals surface area contributed by atoms with Crippen molar-refractivity contribution in [2.75, 3.05) is 19.8 Å². The average molecular weight is 290 g/mol. The molecule has 0 saturated heterocycles. The summed E-state index contributed by atoms with van der Waals surface area (Å²) in [5.74, 6) is 0.149. The van der Waals surface area contributed by atoms with Crippen molar-refractivity contribution in [3.8, 4) is 17.2 Å². The number of carboxylic acids is 1. The Morgan fingerprint density at radius 2 is 2.05 bits per heavy atom. The van der Waals surface area contributed by atoms with Crippen LogP contribution in [0.4, 0.5) is 0 Å². The molecule has 3 rings (SSSR count). The number of aromatic nitrogens is 2. The van der Waals surface area contributed by atoms with Gasteiger partial charge in [0.05, 0.1) is 5.69 Å². The van der Waals surface area contributed by atoms with Crippen LogP contribution in [0.2, 0.25) is 0 Å². The summed E-state index contributed by atoms with van der Waals surface area (Å²) in [6, 6.07) is 5.28. The lowest BCUT2D eigenvalue weighted by atomic mass is 10.2. The van der Waals surface area contributed by atoms with Crippen molar-refractivity contribution in [2.24, 2.45) is 0 Å². The number of rotatable bonds is 4. The molecular formula is C14H14N2O5. The number of carboxylic acid groups (broad SMARTS) is 1. The molecule has 1 aliphatic rings. The summed E-state index contributed by atoms with van der Waals surface area (Å²) >= 11 is 0. The van der Waals surface area contributed by atoms with Crippen molar-refractivity contribution in [3.63, 3.8) is 0 Å². The Balaban J connectivity index is 2.00. The Morgan fingerprint density at radius 1 is 1.29 bits per heavy atom. The second-order valence-corrected chi connectivity index (χ2v) is 4.55. The highest BCUT2D eigenvalue weighted by atomic mass is 16.6. The van der Waals surface area contributed by atoms with Crippen LogP contribution in [0.25, 0.3) is 5.69 Å². The van der Waals surface area contributed by atoms with Crippen molar-refractivity contribution in [1.82, 2.24) is 9.78 Å². The maximum Gasteiger partial charge on any atom is 0.356 e. The minimum Gasteiger partial charge on any atom is -0.486 e. The highest BCUT2D eigenvalue weighted by Crippen LogP contribution is 2.32. The second-order valence-electron chi connectivity index (χ2n) is 4.55. The predicted octanol–water partition coefficient (Wildman–Crippen LogP) is 0.876. The smallest absolute Gasteiger partial charge is 0.356 e.